The lowest BCUT2D eigenvalue weighted by Crippen LogP contribution is -2.40. The van der Waals surface area contributed by atoms with Gasteiger partial charge in [0.05, 0.1) is 5.69 Å². The van der Waals surface area contributed by atoms with Crippen molar-refractivity contribution < 1.29 is 17.6 Å². The Morgan fingerprint density at radius 2 is 1.79 bits per heavy atom. The van der Waals surface area contributed by atoms with Gasteiger partial charge >= 0.3 is 6.18 Å². The number of halogens is 5. The zero-order valence-electron chi connectivity index (χ0n) is 10.0. The molecule has 19 heavy (non-hydrogen) atoms. The largest absolute Gasteiger partial charge is 0.435 e. The molecular weight excluding hydrogens is 286 g/mol. The maximum Gasteiger partial charge on any atom is 0.435 e. The average molecular weight is 300 g/mol. The highest BCUT2D eigenvalue weighted by Crippen LogP contribution is 2.29. The second-order valence-corrected chi connectivity index (χ2v) is 4.49. The average Bonchev–Trinajstić information content (AvgIpc) is 2.29. The standard InChI is InChI=1S/C11H13F4N3.ClH/c12-10(3-5-16-6-4-10)7-8-1-2-9(18-17-8)11(13,14)15;/h1-2,16H,3-7H2;1H. The number of aromatic nitrogens is 2. The maximum absolute atomic E-state index is 14.3. The summed E-state index contributed by atoms with van der Waals surface area (Å²) in [5.74, 6) is 0. The minimum atomic E-state index is -4.51. The van der Waals surface area contributed by atoms with E-state index in [4.69, 9.17) is 0 Å². The zero-order valence-corrected chi connectivity index (χ0v) is 10.8. The molecular formula is C11H14ClF4N3. The van der Waals surface area contributed by atoms with Crippen LogP contribution in [0.2, 0.25) is 0 Å². The van der Waals surface area contributed by atoms with Gasteiger partial charge in [-0.25, -0.2) is 4.39 Å². The van der Waals surface area contributed by atoms with Crippen LogP contribution >= 0.6 is 12.4 Å². The second kappa shape index (κ2) is 6.00. The van der Waals surface area contributed by atoms with E-state index in [-0.39, 0.29) is 24.5 Å². The minimum absolute atomic E-state index is 0. The lowest BCUT2D eigenvalue weighted by molar-refractivity contribution is -0.141. The lowest BCUT2D eigenvalue weighted by Gasteiger charge is -2.29. The van der Waals surface area contributed by atoms with Crippen molar-refractivity contribution in [3.63, 3.8) is 0 Å². The van der Waals surface area contributed by atoms with E-state index in [0.717, 1.165) is 6.07 Å². The van der Waals surface area contributed by atoms with E-state index in [2.05, 4.69) is 15.5 Å². The minimum Gasteiger partial charge on any atom is -0.316 e. The van der Waals surface area contributed by atoms with Gasteiger partial charge in [-0.05, 0) is 38.1 Å². The molecule has 0 radical (unpaired) electrons. The Labute approximate surface area is 114 Å². The molecule has 108 valence electrons. The summed E-state index contributed by atoms with van der Waals surface area (Å²) in [7, 11) is 0. The van der Waals surface area contributed by atoms with E-state index in [1.807, 2.05) is 0 Å². The van der Waals surface area contributed by atoms with E-state index in [0.29, 0.717) is 25.9 Å². The Morgan fingerprint density at radius 3 is 2.26 bits per heavy atom. The van der Waals surface area contributed by atoms with E-state index < -0.39 is 17.5 Å². The molecule has 2 heterocycles. The fourth-order valence-electron chi connectivity index (χ4n) is 1.98. The van der Waals surface area contributed by atoms with Crippen LogP contribution in [0.3, 0.4) is 0 Å². The summed E-state index contributed by atoms with van der Waals surface area (Å²) in [6, 6.07) is 2.03. The van der Waals surface area contributed by atoms with Gasteiger partial charge in [-0.2, -0.15) is 18.3 Å². The molecule has 1 aromatic heterocycles. The monoisotopic (exact) mass is 299 g/mol. The maximum atomic E-state index is 14.3. The fourth-order valence-corrected chi connectivity index (χ4v) is 1.98. The van der Waals surface area contributed by atoms with Crippen molar-refractivity contribution in [3.05, 3.63) is 23.5 Å². The molecule has 0 amide bonds. The highest BCUT2D eigenvalue weighted by molar-refractivity contribution is 5.85. The van der Waals surface area contributed by atoms with Crippen molar-refractivity contribution in [2.45, 2.75) is 31.1 Å². The number of nitrogens with zero attached hydrogens (tertiary/aromatic N) is 2. The van der Waals surface area contributed by atoms with Gasteiger partial charge in [0, 0.05) is 6.42 Å². The van der Waals surface area contributed by atoms with Crippen molar-refractivity contribution in [3.8, 4) is 0 Å². The predicted octanol–water partition coefficient (Wildman–Crippen LogP) is 2.55. The summed E-state index contributed by atoms with van der Waals surface area (Å²) in [4.78, 5) is 0. The van der Waals surface area contributed by atoms with Crippen molar-refractivity contribution in [2.75, 3.05) is 13.1 Å². The van der Waals surface area contributed by atoms with Gasteiger partial charge in [0.2, 0.25) is 0 Å². The van der Waals surface area contributed by atoms with Crippen molar-refractivity contribution >= 4 is 12.4 Å². The third-order valence-electron chi connectivity index (χ3n) is 3.01. The van der Waals surface area contributed by atoms with Crippen LogP contribution in [-0.2, 0) is 12.6 Å². The third-order valence-corrected chi connectivity index (χ3v) is 3.01. The predicted molar refractivity (Wildman–Crippen MR) is 63.9 cm³/mol. The van der Waals surface area contributed by atoms with Crippen LogP contribution in [0.5, 0.6) is 0 Å². The first kappa shape index (κ1) is 16.1. The van der Waals surface area contributed by atoms with Gasteiger partial charge in [0.1, 0.15) is 5.67 Å². The molecule has 1 saturated heterocycles. The Kier molecular flexibility index (Phi) is 5.09. The number of nitrogens with one attached hydrogen (secondary N) is 1. The second-order valence-electron chi connectivity index (χ2n) is 4.49. The first-order chi connectivity index (χ1) is 8.39. The van der Waals surface area contributed by atoms with Gasteiger partial charge in [-0.15, -0.1) is 17.5 Å². The van der Waals surface area contributed by atoms with Crippen LogP contribution in [0.4, 0.5) is 17.6 Å². The molecule has 0 saturated carbocycles. The number of rotatable bonds is 2. The van der Waals surface area contributed by atoms with Gasteiger partial charge in [-0.1, -0.05) is 0 Å². The van der Waals surface area contributed by atoms with Crippen LogP contribution in [-0.4, -0.2) is 29.0 Å². The number of hydrogen-bond donors (Lipinski definition) is 1. The van der Waals surface area contributed by atoms with Gasteiger partial charge < -0.3 is 5.32 Å². The molecule has 0 unspecified atom stereocenters. The summed E-state index contributed by atoms with van der Waals surface area (Å²) in [5.41, 5.74) is -2.18. The summed E-state index contributed by atoms with van der Waals surface area (Å²) >= 11 is 0. The summed E-state index contributed by atoms with van der Waals surface area (Å²) in [5, 5.41) is 9.57. The Bertz CT molecular complexity index is 401. The molecule has 3 nitrogen and oxygen atoms in total. The SMILES string of the molecule is Cl.FC1(Cc2ccc(C(F)(F)F)nn2)CCNCC1. The molecule has 0 spiro atoms. The number of hydrogen-bond acceptors (Lipinski definition) is 3. The van der Waals surface area contributed by atoms with Crippen molar-refractivity contribution in [1.29, 1.82) is 0 Å². The third kappa shape index (κ3) is 4.28. The molecule has 0 aromatic carbocycles. The Hall–Kier alpha value is -0.950. The highest BCUT2D eigenvalue weighted by atomic mass is 35.5. The van der Waals surface area contributed by atoms with Gasteiger partial charge in [0.15, 0.2) is 5.69 Å². The molecule has 0 atom stereocenters. The lowest BCUT2D eigenvalue weighted by atomic mass is 9.89. The molecule has 2 rings (SSSR count). The fraction of sp³-hybridized carbons (Fsp3) is 0.636. The molecule has 1 aliphatic heterocycles. The van der Waals surface area contributed by atoms with Crippen LogP contribution in [0, 0.1) is 0 Å². The smallest absolute Gasteiger partial charge is 0.316 e. The van der Waals surface area contributed by atoms with Crippen LogP contribution in [0.25, 0.3) is 0 Å². The first-order valence-electron chi connectivity index (χ1n) is 5.69. The van der Waals surface area contributed by atoms with Gasteiger partial charge in [-0.3, -0.25) is 0 Å². The molecule has 0 bridgehead atoms. The molecule has 8 heteroatoms. The summed E-state index contributed by atoms with van der Waals surface area (Å²) < 4.78 is 51.1. The summed E-state index contributed by atoms with van der Waals surface area (Å²) in [6.45, 7) is 1.15. The van der Waals surface area contributed by atoms with Gasteiger partial charge in [0.25, 0.3) is 0 Å². The quantitative estimate of drug-likeness (QED) is 0.853. The molecule has 1 N–H and O–H groups in total. The Morgan fingerprint density at radius 1 is 1.16 bits per heavy atom. The normalized spacial score (nSPS) is 18.7. The topological polar surface area (TPSA) is 37.8 Å². The van der Waals surface area contributed by atoms with Crippen LogP contribution < -0.4 is 5.32 Å². The zero-order chi connectivity index (χ0) is 13.2. The van der Waals surface area contributed by atoms with Crippen molar-refractivity contribution in [2.24, 2.45) is 0 Å². The van der Waals surface area contributed by atoms with Crippen LogP contribution in [0.15, 0.2) is 12.1 Å². The highest BCUT2D eigenvalue weighted by Gasteiger charge is 2.35. The van der Waals surface area contributed by atoms with E-state index >= 15 is 0 Å². The van der Waals surface area contributed by atoms with E-state index in [1.54, 1.807) is 0 Å². The molecule has 1 fully saturated rings. The molecule has 1 aromatic rings. The number of alkyl halides is 4. The Balaban J connectivity index is 0.00000180. The number of piperidine rings is 1. The van der Waals surface area contributed by atoms with Crippen molar-refractivity contribution in [1.82, 2.24) is 15.5 Å². The first-order valence-corrected chi connectivity index (χ1v) is 5.69. The van der Waals surface area contributed by atoms with E-state index in [9.17, 15) is 17.6 Å². The van der Waals surface area contributed by atoms with E-state index in [1.165, 1.54) is 6.07 Å². The molecule has 0 aliphatic carbocycles. The summed E-state index contributed by atoms with van der Waals surface area (Å²) in [6.07, 6.45) is -3.81. The van der Waals surface area contributed by atoms with Crippen LogP contribution in [0.1, 0.15) is 24.2 Å². The molecule has 1 aliphatic rings.